The highest BCUT2D eigenvalue weighted by Gasteiger charge is 2.27. The zero-order valence-electron chi connectivity index (χ0n) is 20.2. The summed E-state index contributed by atoms with van der Waals surface area (Å²) in [6.45, 7) is 8.27. The topological polar surface area (TPSA) is 95.2 Å². The van der Waals surface area contributed by atoms with Gasteiger partial charge in [0.1, 0.15) is 5.82 Å². The van der Waals surface area contributed by atoms with E-state index in [0.29, 0.717) is 11.5 Å². The molecular formula is C27H34N6O2. The number of morpholine rings is 1. The number of nitrogens with zero attached hydrogens (tertiary/aromatic N) is 3. The second-order valence-electron chi connectivity index (χ2n) is 8.82. The zero-order valence-corrected chi connectivity index (χ0v) is 20.2. The second kappa shape index (κ2) is 11.7. The average molecular weight is 475 g/mol. The van der Waals surface area contributed by atoms with Crippen molar-refractivity contribution in [1.29, 1.82) is 0 Å². The fourth-order valence-electron chi connectivity index (χ4n) is 4.29. The van der Waals surface area contributed by atoms with E-state index in [9.17, 15) is 4.79 Å². The number of anilines is 3. The summed E-state index contributed by atoms with van der Waals surface area (Å²) in [6, 6.07) is 15.6. The number of ether oxygens (including phenoxy) is 1. The molecule has 184 valence electrons. The van der Waals surface area contributed by atoms with Crippen LogP contribution in [0.25, 0.3) is 5.70 Å². The first kappa shape index (κ1) is 24.5. The third-order valence-corrected chi connectivity index (χ3v) is 6.33. The van der Waals surface area contributed by atoms with Crippen LogP contribution in [0.1, 0.15) is 18.4 Å². The monoisotopic (exact) mass is 474 g/mol. The van der Waals surface area contributed by atoms with E-state index in [1.807, 2.05) is 43.4 Å². The third-order valence-electron chi connectivity index (χ3n) is 6.33. The van der Waals surface area contributed by atoms with Gasteiger partial charge in [0.15, 0.2) is 0 Å². The number of likely N-dealkylation sites (tertiary alicyclic amines) is 1. The van der Waals surface area contributed by atoms with E-state index in [2.05, 4.69) is 44.1 Å². The minimum Gasteiger partial charge on any atom is -0.398 e. The number of hydrogen-bond acceptors (Lipinski definition) is 7. The Kier molecular flexibility index (Phi) is 8.18. The molecule has 0 aromatic heterocycles. The molecule has 2 saturated heterocycles. The Hall–Kier alpha value is -3.62. The second-order valence-corrected chi connectivity index (χ2v) is 8.82. The number of rotatable bonds is 8. The van der Waals surface area contributed by atoms with Crippen LogP contribution in [0.3, 0.4) is 0 Å². The van der Waals surface area contributed by atoms with E-state index in [0.717, 1.165) is 62.6 Å². The van der Waals surface area contributed by atoms with Crippen LogP contribution in [-0.4, -0.2) is 63.0 Å². The summed E-state index contributed by atoms with van der Waals surface area (Å²) < 4.78 is 5.41. The molecule has 0 aliphatic carbocycles. The number of carbonyl (C=O) groups excluding carboxylic acids is 1. The van der Waals surface area contributed by atoms with Gasteiger partial charge >= 0.3 is 0 Å². The Morgan fingerprint density at radius 1 is 1.06 bits per heavy atom. The molecule has 2 aromatic rings. The highest BCUT2D eigenvalue weighted by molar-refractivity contribution is 5.95. The quantitative estimate of drug-likeness (QED) is 0.507. The molecule has 2 fully saturated rings. The zero-order chi connectivity index (χ0) is 24.6. The first-order valence-corrected chi connectivity index (χ1v) is 12.0. The van der Waals surface area contributed by atoms with Crippen molar-refractivity contribution >= 4 is 34.9 Å². The largest absolute Gasteiger partial charge is 0.398 e. The molecule has 4 N–H and O–H groups in total. The molecule has 0 bridgehead atoms. The Labute approximate surface area is 207 Å². The van der Waals surface area contributed by atoms with Gasteiger partial charge in [-0.3, -0.25) is 9.69 Å². The van der Waals surface area contributed by atoms with Gasteiger partial charge in [0.25, 0.3) is 0 Å². The first-order valence-electron chi connectivity index (χ1n) is 12.0. The van der Waals surface area contributed by atoms with E-state index in [4.69, 9.17) is 10.5 Å². The number of likely N-dealkylation sites (N-methyl/N-ethyl adjacent to an activating group) is 1. The van der Waals surface area contributed by atoms with Crippen LogP contribution in [0.4, 0.5) is 17.1 Å². The van der Waals surface area contributed by atoms with Gasteiger partial charge in [-0.2, -0.15) is 0 Å². The normalized spacial score (nSPS) is 19.2. The molecule has 8 heteroatoms. The van der Waals surface area contributed by atoms with Crippen molar-refractivity contribution in [2.75, 3.05) is 55.4 Å². The van der Waals surface area contributed by atoms with Crippen molar-refractivity contribution in [2.24, 2.45) is 10.7 Å². The SMILES string of the molecule is C=C(/N=C\C=C(/N)c1ccc(NC(=O)[C@H]2CCCN2C)cc1)Nc1ccc(N2CCOCC2)cc1. The number of carbonyl (C=O) groups is 1. The van der Waals surface area contributed by atoms with Gasteiger partial charge in [-0.15, -0.1) is 0 Å². The smallest absolute Gasteiger partial charge is 0.241 e. The van der Waals surface area contributed by atoms with Crippen LogP contribution in [0.5, 0.6) is 0 Å². The Balaban J connectivity index is 1.27. The number of hydrogen-bond donors (Lipinski definition) is 3. The van der Waals surface area contributed by atoms with Crippen LogP contribution in [0.15, 0.2) is 72.0 Å². The van der Waals surface area contributed by atoms with Gasteiger partial charge < -0.3 is 26.0 Å². The molecular weight excluding hydrogens is 440 g/mol. The van der Waals surface area contributed by atoms with Gasteiger partial charge in [0.2, 0.25) is 5.91 Å². The predicted octanol–water partition coefficient (Wildman–Crippen LogP) is 3.51. The summed E-state index contributed by atoms with van der Waals surface area (Å²) >= 11 is 0. The molecule has 1 atom stereocenters. The minimum atomic E-state index is -0.0553. The summed E-state index contributed by atoms with van der Waals surface area (Å²) in [6.07, 6.45) is 5.31. The van der Waals surface area contributed by atoms with Crippen molar-refractivity contribution in [1.82, 2.24) is 4.90 Å². The predicted molar refractivity (Wildman–Crippen MR) is 144 cm³/mol. The van der Waals surface area contributed by atoms with Gasteiger partial charge in [0.05, 0.1) is 19.3 Å². The molecule has 1 amide bonds. The van der Waals surface area contributed by atoms with Crippen molar-refractivity contribution < 1.29 is 9.53 Å². The molecule has 8 nitrogen and oxygen atoms in total. The Morgan fingerprint density at radius 2 is 1.71 bits per heavy atom. The van der Waals surface area contributed by atoms with Crippen LogP contribution in [-0.2, 0) is 9.53 Å². The Bertz CT molecular complexity index is 1070. The maximum Gasteiger partial charge on any atom is 0.241 e. The average Bonchev–Trinajstić information content (AvgIpc) is 3.31. The number of nitrogens with one attached hydrogen (secondary N) is 2. The number of allylic oxidation sites excluding steroid dienone is 1. The lowest BCUT2D eigenvalue weighted by Gasteiger charge is -2.28. The van der Waals surface area contributed by atoms with E-state index < -0.39 is 0 Å². The molecule has 4 rings (SSSR count). The van der Waals surface area contributed by atoms with Crippen molar-refractivity contribution in [3.63, 3.8) is 0 Å². The fourth-order valence-corrected chi connectivity index (χ4v) is 4.29. The maximum absolute atomic E-state index is 12.4. The van der Waals surface area contributed by atoms with E-state index in [1.165, 1.54) is 5.69 Å². The van der Waals surface area contributed by atoms with Crippen molar-refractivity contribution in [3.8, 4) is 0 Å². The van der Waals surface area contributed by atoms with E-state index >= 15 is 0 Å². The standard InChI is InChI=1S/C27H34N6O2/c1-20(30-22-9-11-24(12-10-22)33-16-18-35-19-17-33)29-14-13-25(28)21-5-7-23(8-6-21)31-27(34)26-4-3-15-32(26)2/h5-14,26,30H,1,3-4,15-19,28H2,2H3,(H,31,34)/b25-13-,29-14-/t26-/m1/s1. The van der Waals surface area contributed by atoms with Gasteiger partial charge in [-0.1, -0.05) is 18.7 Å². The molecule has 2 aliphatic rings. The molecule has 0 spiro atoms. The third kappa shape index (κ3) is 6.71. The summed E-state index contributed by atoms with van der Waals surface area (Å²) in [5, 5.41) is 6.18. The van der Waals surface area contributed by atoms with Crippen LogP contribution < -0.4 is 21.3 Å². The van der Waals surface area contributed by atoms with Gasteiger partial charge in [0, 0.05) is 42.1 Å². The lowest BCUT2D eigenvalue weighted by Crippen LogP contribution is -2.37. The summed E-state index contributed by atoms with van der Waals surface area (Å²) in [4.78, 5) is 21.2. The molecule has 0 unspecified atom stereocenters. The Morgan fingerprint density at radius 3 is 2.37 bits per heavy atom. The highest BCUT2D eigenvalue weighted by atomic mass is 16.5. The fraction of sp³-hybridized carbons (Fsp3) is 0.333. The minimum absolute atomic E-state index is 0.0372. The number of nitrogens with two attached hydrogens (primary N) is 1. The first-order chi connectivity index (χ1) is 17.0. The van der Waals surface area contributed by atoms with Crippen LogP contribution in [0.2, 0.25) is 0 Å². The van der Waals surface area contributed by atoms with Crippen LogP contribution >= 0.6 is 0 Å². The van der Waals surface area contributed by atoms with Crippen molar-refractivity contribution in [2.45, 2.75) is 18.9 Å². The number of aliphatic imine (C=N–C) groups is 1. The lowest BCUT2D eigenvalue weighted by atomic mass is 10.1. The molecule has 35 heavy (non-hydrogen) atoms. The molecule has 2 heterocycles. The molecule has 2 aromatic carbocycles. The summed E-state index contributed by atoms with van der Waals surface area (Å²) in [5.41, 5.74) is 10.5. The molecule has 0 saturated carbocycles. The maximum atomic E-state index is 12.4. The summed E-state index contributed by atoms with van der Waals surface area (Å²) in [7, 11) is 1.99. The molecule has 0 radical (unpaired) electrons. The highest BCUT2D eigenvalue weighted by Crippen LogP contribution is 2.21. The van der Waals surface area contributed by atoms with E-state index in [-0.39, 0.29) is 11.9 Å². The summed E-state index contributed by atoms with van der Waals surface area (Å²) in [5.74, 6) is 0.554. The molecule has 2 aliphatic heterocycles. The number of benzene rings is 2. The number of amides is 1. The van der Waals surface area contributed by atoms with Crippen LogP contribution in [0, 0.1) is 0 Å². The lowest BCUT2D eigenvalue weighted by molar-refractivity contribution is -0.119. The van der Waals surface area contributed by atoms with Gasteiger partial charge in [-0.05, 0) is 74.5 Å². The van der Waals surface area contributed by atoms with E-state index in [1.54, 1.807) is 12.3 Å². The van der Waals surface area contributed by atoms with Gasteiger partial charge in [-0.25, -0.2) is 4.99 Å². The van der Waals surface area contributed by atoms with Crippen molar-refractivity contribution in [3.05, 3.63) is 72.6 Å².